The van der Waals surface area contributed by atoms with Crippen LogP contribution in [-0.2, 0) is 22.4 Å². The zero-order valence-corrected chi connectivity index (χ0v) is 12.3. The molecule has 1 N–H and O–H groups in total. The molecule has 1 saturated heterocycles. The SMILES string of the molecule is C=CCc1ccc2c(c1)CC(=O)N(C1CCC(=O)NC1)C2=O. The number of nitrogens with zero attached hydrogens (tertiary/aromatic N) is 1. The van der Waals surface area contributed by atoms with Crippen molar-refractivity contribution >= 4 is 17.7 Å². The summed E-state index contributed by atoms with van der Waals surface area (Å²) in [5, 5.41) is 2.72. The highest BCUT2D eigenvalue weighted by atomic mass is 16.2. The van der Waals surface area contributed by atoms with E-state index in [-0.39, 0.29) is 30.2 Å². The van der Waals surface area contributed by atoms with Gasteiger partial charge in [-0.15, -0.1) is 6.58 Å². The lowest BCUT2D eigenvalue weighted by Crippen LogP contribution is -2.54. The van der Waals surface area contributed by atoms with Gasteiger partial charge >= 0.3 is 0 Å². The third-order valence-corrected chi connectivity index (χ3v) is 4.21. The van der Waals surface area contributed by atoms with Crippen molar-refractivity contribution < 1.29 is 14.4 Å². The van der Waals surface area contributed by atoms with Gasteiger partial charge in [0, 0.05) is 18.5 Å². The van der Waals surface area contributed by atoms with Crippen molar-refractivity contribution in [1.29, 1.82) is 0 Å². The van der Waals surface area contributed by atoms with Gasteiger partial charge in [0.2, 0.25) is 11.8 Å². The molecule has 1 aromatic carbocycles. The third-order valence-electron chi connectivity index (χ3n) is 4.21. The second kappa shape index (κ2) is 5.75. The summed E-state index contributed by atoms with van der Waals surface area (Å²) in [6, 6.07) is 5.36. The fourth-order valence-corrected chi connectivity index (χ4v) is 3.10. The number of hydrogen-bond donors (Lipinski definition) is 1. The molecule has 3 amide bonds. The van der Waals surface area contributed by atoms with E-state index in [1.807, 2.05) is 12.1 Å². The van der Waals surface area contributed by atoms with Crippen molar-refractivity contribution in [2.24, 2.45) is 0 Å². The number of carbonyl (C=O) groups excluding carboxylic acids is 3. The normalized spacial score (nSPS) is 21.4. The molecule has 0 spiro atoms. The quantitative estimate of drug-likeness (QED) is 0.674. The van der Waals surface area contributed by atoms with Gasteiger partial charge in [-0.2, -0.15) is 0 Å². The maximum Gasteiger partial charge on any atom is 0.261 e. The molecule has 1 atom stereocenters. The van der Waals surface area contributed by atoms with Crippen LogP contribution in [0.4, 0.5) is 0 Å². The molecule has 3 rings (SSSR count). The number of hydrogen-bond acceptors (Lipinski definition) is 3. The van der Waals surface area contributed by atoms with E-state index in [0.717, 1.165) is 11.1 Å². The smallest absolute Gasteiger partial charge is 0.261 e. The minimum absolute atomic E-state index is 0.0253. The summed E-state index contributed by atoms with van der Waals surface area (Å²) in [7, 11) is 0. The van der Waals surface area contributed by atoms with Crippen molar-refractivity contribution in [3.63, 3.8) is 0 Å². The van der Waals surface area contributed by atoms with Gasteiger partial charge < -0.3 is 5.32 Å². The monoisotopic (exact) mass is 298 g/mol. The molecule has 5 heteroatoms. The number of benzene rings is 1. The maximum atomic E-state index is 12.6. The van der Waals surface area contributed by atoms with E-state index in [0.29, 0.717) is 31.4 Å². The highest BCUT2D eigenvalue weighted by molar-refractivity contribution is 6.10. The Hall–Kier alpha value is -2.43. The van der Waals surface area contributed by atoms with Crippen LogP contribution in [0, 0.1) is 0 Å². The summed E-state index contributed by atoms with van der Waals surface area (Å²) in [5.41, 5.74) is 2.42. The number of nitrogens with one attached hydrogen (secondary N) is 1. The number of carbonyl (C=O) groups is 3. The average Bonchev–Trinajstić information content (AvgIpc) is 2.49. The fourth-order valence-electron chi connectivity index (χ4n) is 3.10. The van der Waals surface area contributed by atoms with Crippen molar-refractivity contribution in [1.82, 2.24) is 10.2 Å². The number of fused-ring (bicyclic) bond motifs is 1. The number of rotatable bonds is 3. The molecule has 0 radical (unpaired) electrons. The average molecular weight is 298 g/mol. The van der Waals surface area contributed by atoms with E-state index < -0.39 is 0 Å². The molecule has 0 aliphatic carbocycles. The van der Waals surface area contributed by atoms with Gasteiger partial charge in [-0.1, -0.05) is 18.2 Å². The van der Waals surface area contributed by atoms with Crippen LogP contribution in [-0.4, -0.2) is 35.2 Å². The summed E-state index contributed by atoms with van der Waals surface area (Å²) in [6.07, 6.45) is 3.63. The van der Waals surface area contributed by atoms with Crippen LogP contribution in [0.1, 0.15) is 34.3 Å². The summed E-state index contributed by atoms with van der Waals surface area (Å²) in [5.74, 6) is -0.463. The second-order valence-corrected chi connectivity index (χ2v) is 5.73. The van der Waals surface area contributed by atoms with Crippen molar-refractivity contribution in [2.75, 3.05) is 6.54 Å². The highest BCUT2D eigenvalue weighted by Gasteiger charge is 2.37. The van der Waals surface area contributed by atoms with Crippen molar-refractivity contribution in [3.05, 3.63) is 47.5 Å². The predicted molar refractivity (Wildman–Crippen MR) is 81.3 cm³/mol. The molecule has 5 nitrogen and oxygen atoms in total. The minimum atomic E-state index is -0.252. The second-order valence-electron chi connectivity index (χ2n) is 5.73. The van der Waals surface area contributed by atoms with Crippen LogP contribution in [0.25, 0.3) is 0 Å². The number of piperidine rings is 1. The molecule has 0 bridgehead atoms. The molecule has 0 aromatic heterocycles. The molecule has 0 saturated carbocycles. The van der Waals surface area contributed by atoms with Gasteiger partial charge in [-0.3, -0.25) is 19.3 Å². The van der Waals surface area contributed by atoms with Crippen LogP contribution in [0.3, 0.4) is 0 Å². The van der Waals surface area contributed by atoms with Crippen LogP contribution >= 0.6 is 0 Å². The lowest BCUT2D eigenvalue weighted by atomic mass is 9.93. The molecular weight excluding hydrogens is 280 g/mol. The van der Waals surface area contributed by atoms with Crippen LogP contribution in [0.15, 0.2) is 30.9 Å². The van der Waals surface area contributed by atoms with Gasteiger partial charge in [-0.05, 0) is 30.0 Å². The van der Waals surface area contributed by atoms with Crippen molar-refractivity contribution in [3.8, 4) is 0 Å². The summed E-state index contributed by atoms with van der Waals surface area (Å²) >= 11 is 0. The standard InChI is InChI=1S/C17H18N2O3/c1-2-3-11-4-6-14-12(8-11)9-16(21)19(17(14)22)13-5-7-15(20)18-10-13/h2,4,6,8,13H,1,3,5,7,9-10H2,(H,18,20). The zero-order chi connectivity index (χ0) is 15.7. The van der Waals surface area contributed by atoms with E-state index in [1.54, 1.807) is 12.1 Å². The molecule has 114 valence electrons. The first kappa shape index (κ1) is 14.5. The number of amides is 3. The summed E-state index contributed by atoms with van der Waals surface area (Å²) in [4.78, 5) is 37.6. The Bertz CT molecular complexity index is 656. The molecular formula is C17H18N2O3. The molecule has 1 aromatic rings. The Morgan fingerprint density at radius 3 is 2.82 bits per heavy atom. The predicted octanol–water partition coefficient (Wildman–Crippen LogP) is 1.22. The Morgan fingerprint density at radius 2 is 2.14 bits per heavy atom. The summed E-state index contributed by atoms with van der Waals surface area (Å²) < 4.78 is 0. The lowest BCUT2D eigenvalue weighted by molar-refractivity contribution is -0.133. The van der Waals surface area contributed by atoms with Gasteiger partial charge in [0.1, 0.15) is 0 Å². The van der Waals surface area contributed by atoms with E-state index >= 15 is 0 Å². The van der Waals surface area contributed by atoms with Gasteiger partial charge in [0.15, 0.2) is 0 Å². The van der Waals surface area contributed by atoms with Gasteiger partial charge in [-0.25, -0.2) is 0 Å². The Labute approximate surface area is 129 Å². The Balaban J connectivity index is 1.87. The lowest BCUT2D eigenvalue weighted by Gasteiger charge is -2.35. The summed E-state index contributed by atoms with van der Waals surface area (Å²) in [6.45, 7) is 4.05. The first-order chi connectivity index (χ1) is 10.6. The molecule has 22 heavy (non-hydrogen) atoms. The number of allylic oxidation sites excluding steroid dienone is 1. The topological polar surface area (TPSA) is 66.5 Å². The first-order valence-electron chi connectivity index (χ1n) is 7.46. The molecule has 2 aliphatic heterocycles. The van der Waals surface area contributed by atoms with Crippen LogP contribution in [0.5, 0.6) is 0 Å². The zero-order valence-electron chi connectivity index (χ0n) is 12.3. The molecule has 1 unspecified atom stereocenters. The van der Waals surface area contributed by atoms with E-state index in [4.69, 9.17) is 0 Å². The Morgan fingerprint density at radius 1 is 1.32 bits per heavy atom. The largest absolute Gasteiger partial charge is 0.354 e. The maximum absolute atomic E-state index is 12.6. The third kappa shape index (κ3) is 2.54. The van der Waals surface area contributed by atoms with E-state index in [1.165, 1.54) is 4.90 Å². The number of imide groups is 1. The molecule has 1 fully saturated rings. The van der Waals surface area contributed by atoms with Crippen LogP contribution < -0.4 is 5.32 Å². The Kier molecular flexibility index (Phi) is 3.79. The van der Waals surface area contributed by atoms with Gasteiger partial charge in [0.25, 0.3) is 5.91 Å². The van der Waals surface area contributed by atoms with E-state index in [9.17, 15) is 14.4 Å². The minimum Gasteiger partial charge on any atom is -0.354 e. The fraction of sp³-hybridized carbons (Fsp3) is 0.353. The highest BCUT2D eigenvalue weighted by Crippen LogP contribution is 2.25. The van der Waals surface area contributed by atoms with Crippen LogP contribution in [0.2, 0.25) is 0 Å². The van der Waals surface area contributed by atoms with Gasteiger partial charge in [0.05, 0.1) is 12.5 Å². The molecule has 2 heterocycles. The molecule has 2 aliphatic rings. The van der Waals surface area contributed by atoms with E-state index in [2.05, 4.69) is 11.9 Å². The first-order valence-corrected chi connectivity index (χ1v) is 7.46. The van der Waals surface area contributed by atoms with Crippen molar-refractivity contribution in [2.45, 2.75) is 31.7 Å².